The van der Waals surface area contributed by atoms with Crippen LogP contribution in [0.2, 0.25) is 0 Å². The number of rotatable bonds is 1. The van der Waals surface area contributed by atoms with E-state index in [0.717, 1.165) is 28.4 Å². The molecule has 1 heterocycles. The number of hydrogen-bond acceptors (Lipinski definition) is 2. The number of benzene rings is 2. The summed E-state index contributed by atoms with van der Waals surface area (Å²) in [5.41, 5.74) is 3.58. The second-order valence-electron chi connectivity index (χ2n) is 4.11. The number of fused-ring (bicyclic) bond motifs is 3. The summed E-state index contributed by atoms with van der Waals surface area (Å²) in [5.74, 6) is 0. The Morgan fingerprint density at radius 3 is 2.47 bits per heavy atom. The van der Waals surface area contributed by atoms with E-state index in [9.17, 15) is 0 Å². The van der Waals surface area contributed by atoms with E-state index in [1.165, 1.54) is 5.56 Å². The lowest BCUT2D eigenvalue weighted by molar-refractivity contribution is 0.668. The van der Waals surface area contributed by atoms with Crippen molar-refractivity contribution >= 4 is 21.9 Å². The minimum absolute atomic E-state index is 0.632. The van der Waals surface area contributed by atoms with Crippen LogP contribution in [0.15, 0.2) is 40.8 Å². The summed E-state index contributed by atoms with van der Waals surface area (Å²) >= 11 is 0. The predicted molar refractivity (Wildman–Crippen MR) is 67.8 cm³/mol. The first kappa shape index (κ1) is 9.92. The quantitative estimate of drug-likeness (QED) is 0.622. The molecule has 0 bridgehead atoms. The predicted octanol–water partition coefficient (Wildman–Crippen LogP) is 4.02. The molecule has 0 unspecified atom stereocenters. The number of nitriles is 1. The van der Waals surface area contributed by atoms with Crippen LogP contribution in [-0.4, -0.2) is 0 Å². The highest BCUT2D eigenvalue weighted by molar-refractivity contribution is 6.05. The topological polar surface area (TPSA) is 36.9 Å². The molecule has 1 aromatic heterocycles. The smallest absolute Gasteiger partial charge is 0.136 e. The number of aryl methyl sites for hydroxylation is 1. The van der Waals surface area contributed by atoms with Crippen LogP contribution >= 0.6 is 0 Å². The second-order valence-corrected chi connectivity index (χ2v) is 4.11. The third-order valence-electron chi connectivity index (χ3n) is 3.08. The lowest BCUT2D eigenvalue weighted by Gasteiger charge is -1.94. The van der Waals surface area contributed by atoms with Gasteiger partial charge in [0.25, 0.3) is 0 Å². The highest BCUT2D eigenvalue weighted by Crippen LogP contribution is 2.29. The van der Waals surface area contributed by atoms with Crippen molar-refractivity contribution in [1.29, 1.82) is 5.26 Å². The molecule has 0 amide bonds. The van der Waals surface area contributed by atoms with Gasteiger partial charge >= 0.3 is 0 Å². The van der Waals surface area contributed by atoms with Gasteiger partial charge in [0.05, 0.1) is 11.6 Å². The van der Waals surface area contributed by atoms with Gasteiger partial charge in [-0.2, -0.15) is 5.26 Å². The Bertz CT molecular complexity index is 747. The molecule has 0 saturated heterocycles. The van der Waals surface area contributed by atoms with Crippen molar-refractivity contribution in [3.8, 4) is 6.07 Å². The number of nitrogens with zero attached hydrogens (tertiary/aromatic N) is 1. The van der Waals surface area contributed by atoms with E-state index in [1.54, 1.807) is 6.07 Å². The fraction of sp³-hybridized carbons (Fsp3) is 0.133. The molecule has 2 aromatic carbocycles. The second kappa shape index (κ2) is 3.64. The van der Waals surface area contributed by atoms with Crippen molar-refractivity contribution in [2.24, 2.45) is 0 Å². The largest absolute Gasteiger partial charge is 0.456 e. The van der Waals surface area contributed by atoms with E-state index in [-0.39, 0.29) is 0 Å². The van der Waals surface area contributed by atoms with E-state index in [1.807, 2.05) is 12.1 Å². The van der Waals surface area contributed by atoms with Gasteiger partial charge in [-0.05, 0) is 36.2 Å². The molecule has 0 N–H and O–H groups in total. The first-order valence-electron chi connectivity index (χ1n) is 5.67. The summed E-state index contributed by atoms with van der Waals surface area (Å²) in [6.45, 7) is 2.12. The number of hydrogen-bond donors (Lipinski definition) is 0. The third kappa shape index (κ3) is 1.48. The van der Waals surface area contributed by atoms with Crippen LogP contribution in [-0.2, 0) is 6.42 Å². The molecule has 0 aliphatic rings. The summed E-state index contributed by atoms with van der Waals surface area (Å²) < 4.78 is 5.79. The minimum atomic E-state index is 0.632. The van der Waals surface area contributed by atoms with Crippen molar-refractivity contribution in [1.82, 2.24) is 0 Å². The normalized spacial score (nSPS) is 10.8. The van der Waals surface area contributed by atoms with E-state index in [2.05, 4.69) is 31.2 Å². The summed E-state index contributed by atoms with van der Waals surface area (Å²) in [5, 5.41) is 11.0. The van der Waals surface area contributed by atoms with Gasteiger partial charge in [-0.25, -0.2) is 0 Å². The van der Waals surface area contributed by atoms with Crippen molar-refractivity contribution in [2.75, 3.05) is 0 Å². The highest BCUT2D eigenvalue weighted by Gasteiger charge is 2.07. The van der Waals surface area contributed by atoms with E-state index in [4.69, 9.17) is 9.68 Å². The zero-order valence-electron chi connectivity index (χ0n) is 9.53. The molecule has 0 aliphatic carbocycles. The molecular formula is C15H11NO. The van der Waals surface area contributed by atoms with Crippen LogP contribution in [0.4, 0.5) is 0 Å². The monoisotopic (exact) mass is 221 g/mol. The van der Waals surface area contributed by atoms with Crippen molar-refractivity contribution < 1.29 is 4.42 Å². The van der Waals surface area contributed by atoms with Gasteiger partial charge < -0.3 is 4.42 Å². The van der Waals surface area contributed by atoms with Crippen molar-refractivity contribution in [3.63, 3.8) is 0 Å². The minimum Gasteiger partial charge on any atom is -0.456 e. The molecule has 0 atom stereocenters. The standard InChI is InChI=1S/C15H11NO/c1-2-10-3-5-12-13-6-4-11(9-16)8-15(13)17-14(12)7-10/h3-8H,2H2,1H3. The molecule has 0 spiro atoms. The van der Waals surface area contributed by atoms with Crippen LogP contribution < -0.4 is 0 Å². The SMILES string of the molecule is CCc1ccc2c(c1)oc1cc(C#N)ccc12. The molecule has 0 saturated carbocycles. The summed E-state index contributed by atoms with van der Waals surface area (Å²) in [6, 6.07) is 14.0. The first-order chi connectivity index (χ1) is 8.31. The maximum Gasteiger partial charge on any atom is 0.136 e. The molecule has 3 rings (SSSR count). The van der Waals surface area contributed by atoms with Crippen LogP contribution in [0.5, 0.6) is 0 Å². The molecule has 0 fully saturated rings. The third-order valence-corrected chi connectivity index (χ3v) is 3.08. The van der Waals surface area contributed by atoms with E-state index < -0.39 is 0 Å². The Morgan fingerprint density at radius 2 is 1.76 bits per heavy atom. The zero-order chi connectivity index (χ0) is 11.8. The molecule has 82 valence electrons. The molecule has 2 nitrogen and oxygen atoms in total. The van der Waals surface area contributed by atoms with Gasteiger partial charge in [0.1, 0.15) is 11.2 Å². The van der Waals surface area contributed by atoms with Crippen LogP contribution in [0.1, 0.15) is 18.1 Å². The molecule has 0 radical (unpaired) electrons. The average molecular weight is 221 g/mol. The Balaban J connectivity index is 2.37. The molecule has 0 aliphatic heterocycles. The fourth-order valence-corrected chi connectivity index (χ4v) is 2.11. The fourth-order valence-electron chi connectivity index (χ4n) is 2.11. The summed E-state index contributed by atoms with van der Waals surface area (Å²) in [7, 11) is 0. The summed E-state index contributed by atoms with van der Waals surface area (Å²) in [6.07, 6.45) is 0.996. The molecule has 2 heteroatoms. The average Bonchev–Trinajstić information content (AvgIpc) is 2.74. The molecular weight excluding hydrogens is 210 g/mol. The maximum absolute atomic E-state index is 8.86. The Kier molecular flexibility index (Phi) is 2.12. The Labute approximate surface area is 99.1 Å². The molecule has 3 aromatic rings. The first-order valence-corrected chi connectivity index (χ1v) is 5.67. The van der Waals surface area contributed by atoms with Gasteiger partial charge in [-0.15, -0.1) is 0 Å². The van der Waals surface area contributed by atoms with Gasteiger partial charge in [-0.3, -0.25) is 0 Å². The van der Waals surface area contributed by atoms with Crippen LogP contribution in [0.3, 0.4) is 0 Å². The highest BCUT2D eigenvalue weighted by atomic mass is 16.3. The number of furan rings is 1. The molecule has 17 heavy (non-hydrogen) atoms. The zero-order valence-corrected chi connectivity index (χ0v) is 9.53. The van der Waals surface area contributed by atoms with Gasteiger partial charge in [0, 0.05) is 10.8 Å². The van der Waals surface area contributed by atoms with Gasteiger partial charge in [0.2, 0.25) is 0 Å². The van der Waals surface area contributed by atoms with E-state index >= 15 is 0 Å². The maximum atomic E-state index is 8.86. The van der Waals surface area contributed by atoms with E-state index in [0.29, 0.717) is 5.56 Å². The van der Waals surface area contributed by atoms with Crippen LogP contribution in [0.25, 0.3) is 21.9 Å². The lowest BCUT2D eigenvalue weighted by Crippen LogP contribution is -1.77. The Hall–Kier alpha value is -2.27. The van der Waals surface area contributed by atoms with Crippen LogP contribution in [0, 0.1) is 11.3 Å². The van der Waals surface area contributed by atoms with Gasteiger partial charge in [0.15, 0.2) is 0 Å². The Morgan fingerprint density at radius 1 is 1.06 bits per heavy atom. The lowest BCUT2D eigenvalue weighted by atomic mass is 10.1. The van der Waals surface area contributed by atoms with Crippen molar-refractivity contribution in [3.05, 3.63) is 47.5 Å². The summed E-state index contributed by atoms with van der Waals surface area (Å²) in [4.78, 5) is 0. The van der Waals surface area contributed by atoms with Gasteiger partial charge in [-0.1, -0.05) is 19.1 Å². The van der Waals surface area contributed by atoms with Crippen molar-refractivity contribution in [2.45, 2.75) is 13.3 Å².